The Balaban J connectivity index is 1.88. The van der Waals surface area contributed by atoms with Gasteiger partial charge in [0.05, 0.1) is 6.61 Å². The number of hydrogen-bond donors (Lipinski definition) is 1. The zero-order chi connectivity index (χ0) is 11.4. The normalized spacial score (nSPS) is 16.9. The minimum atomic E-state index is 0.462. The first-order valence-electron chi connectivity index (χ1n) is 5.92. The average Bonchev–Trinajstić information content (AvgIpc) is 3.03. The molecule has 16 heavy (non-hydrogen) atoms. The van der Waals surface area contributed by atoms with E-state index in [0.717, 1.165) is 13.0 Å². The summed E-state index contributed by atoms with van der Waals surface area (Å²) in [5.74, 6) is 1.32. The van der Waals surface area contributed by atoms with E-state index in [0.29, 0.717) is 23.9 Å². The predicted octanol–water partition coefficient (Wildman–Crippen LogP) is 2.48. The van der Waals surface area contributed by atoms with Crippen molar-refractivity contribution in [1.29, 1.82) is 0 Å². The van der Waals surface area contributed by atoms with E-state index < -0.39 is 0 Å². The monoisotopic (exact) mass is 221 g/mol. The van der Waals surface area contributed by atoms with Crippen LogP contribution in [0, 0.1) is 5.41 Å². The standard InChI is InChI=1S/C12H19N3O/c1-3-8-16-10-4-7-13-11(15-10)14-9-12(2)5-6-12/h4,7H,3,5-6,8-9H2,1-2H3,(H,13,14,15). The Kier molecular flexibility index (Phi) is 3.27. The molecular formula is C12H19N3O. The van der Waals surface area contributed by atoms with Gasteiger partial charge >= 0.3 is 0 Å². The molecule has 0 aliphatic heterocycles. The molecule has 88 valence electrons. The highest BCUT2D eigenvalue weighted by Crippen LogP contribution is 2.44. The summed E-state index contributed by atoms with van der Waals surface area (Å²) in [6.45, 7) is 6.00. The molecule has 1 aromatic heterocycles. The maximum absolute atomic E-state index is 5.45. The molecule has 0 amide bonds. The van der Waals surface area contributed by atoms with Gasteiger partial charge in [-0.15, -0.1) is 0 Å². The van der Waals surface area contributed by atoms with Gasteiger partial charge in [-0.25, -0.2) is 4.98 Å². The van der Waals surface area contributed by atoms with Crippen LogP contribution in [0.4, 0.5) is 5.95 Å². The maximum atomic E-state index is 5.45. The highest BCUT2D eigenvalue weighted by molar-refractivity contribution is 5.28. The lowest BCUT2D eigenvalue weighted by molar-refractivity contribution is 0.305. The smallest absolute Gasteiger partial charge is 0.225 e. The quantitative estimate of drug-likeness (QED) is 0.801. The molecule has 1 aliphatic carbocycles. The van der Waals surface area contributed by atoms with E-state index in [2.05, 4.69) is 29.1 Å². The Morgan fingerprint density at radius 1 is 1.50 bits per heavy atom. The summed E-state index contributed by atoms with van der Waals surface area (Å²) in [4.78, 5) is 8.47. The van der Waals surface area contributed by atoms with Crippen LogP contribution in [0.3, 0.4) is 0 Å². The molecule has 1 aromatic rings. The van der Waals surface area contributed by atoms with E-state index in [9.17, 15) is 0 Å². The molecule has 0 atom stereocenters. The second-order valence-corrected chi connectivity index (χ2v) is 4.73. The fourth-order valence-electron chi connectivity index (χ4n) is 1.40. The molecule has 1 aliphatic rings. The molecule has 1 N–H and O–H groups in total. The molecule has 4 heteroatoms. The second-order valence-electron chi connectivity index (χ2n) is 4.73. The van der Waals surface area contributed by atoms with Crippen molar-refractivity contribution in [1.82, 2.24) is 9.97 Å². The van der Waals surface area contributed by atoms with Gasteiger partial charge in [0.15, 0.2) is 0 Å². The number of aromatic nitrogens is 2. The summed E-state index contributed by atoms with van der Waals surface area (Å²) in [6.07, 6.45) is 5.32. The predicted molar refractivity (Wildman–Crippen MR) is 63.6 cm³/mol. The highest BCUT2D eigenvalue weighted by Gasteiger charge is 2.36. The molecule has 1 fully saturated rings. The van der Waals surface area contributed by atoms with Crippen LogP contribution in [0.5, 0.6) is 5.88 Å². The molecule has 0 aromatic carbocycles. The lowest BCUT2D eigenvalue weighted by Crippen LogP contribution is -2.14. The molecule has 4 nitrogen and oxygen atoms in total. The van der Waals surface area contributed by atoms with E-state index in [1.165, 1.54) is 12.8 Å². The Bertz CT molecular complexity index is 350. The molecule has 0 spiro atoms. The fourth-order valence-corrected chi connectivity index (χ4v) is 1.40. The first-order valence-corrected chi connectivity index (χ1v) is 5.92. The summed E-state index contributed by atoms with van der Waals surface area (Å²) in [6, 6.07) is 1.79. The van der Waals surface area contributed by atoms with E-state index in [1.807, 2.05) is 0 Å². The molecule has 0 saturated heterocycles. The van der Waals surface area contributed by atoms with Gasteiger partial charge in [-0.3, -0.25) is 0 Å². The average molecular weight is 221 g/mol. The summed E-state index contributed by atoms with van der Waals surface area (Å²) >= 11 is 0. The molecule has 2 rings (SSSR count). The van der Waals surface area contributed by atoms with Crippen molar-refractivity contribution in [3.63, 3.8) is 0 Å². The number of nitrogens with zero attached hydrogens (tertiary/aromatic N) is 2. The van der Waals surface area contributed by atoms with Gasteiger partial charge in [-0.05, 0) is 24.7 Å². The number of nitrogens with one attached hydrogen (secondary N) is 1. The van der Waals surface area contributed by atoms with E-state index in [4.69, 9.17) is 4.74 Å². The van der Waals surface area contributed by atoms with Gasteiger partial charge in [0.2, 0.25) is 11.8 Å². The van der Waals surface area contributed by atoms with Crippen LogP contribution in [0.15, 0.2) is 12.3 Å². The first-order chi connectivity index (χ1) is 7.72. The van der Waals surface area contributed by atoms with E-state index in [-0.39, 0.29) is 0 Å². The third kappa shape index (κ3) is 3.08. The zero-order valence-electron chi connectivity index (χ0n) is 9.99. The highest BCUT2D eigenvalue weighted by atomic mass is 16.5. The van der Waals surface area contributed by atoms with Crippen molar-refractivity contribution in [2.75, 3.05) is 18.5 Å². The van der Waals surface area contributed by atoms with Gasteiger partial charge in [0, 0.05) is 18.8 Å². The molecular weight excluding hydrogens is 202 g/mol. The van der Waals surface area contributed by atoms with Crippen LogP contribution in [-0.4, -0.2) is 23.1 Å². The minimum absolute atomic E-state index is 0.462. The second kappa shape index (κ2) is 4.68. The molecule has 0 radical (unpaired) electrons. The Labute approximate surface area is 96.4 Å². The third-order valence-electron chi connectivity index (χ3n) is 2.86. The van der Waals surface area contributed by atoms with Crippen molar-refractivity contribution in [3.05, 3.63) is 12.3 Å². The zero-order valence-corrected chi connectivity index (χ0v) is 9.99. The maximum Gasteiger partial charge on any atom is 0.225 e. The molecule has 0 unspecified atom stereocenters. The summed E-state index contributed by atoms with van der Waals surface area (Å²) in [5, 5.41) is 3.26. The van der Waals surface area contributed by atoms with Crippen LogP contribution >= 0.6 is 0 Å². The van der Waals surface area contributed by atoms with Crippen LogP contribution < -0.4 is 10.1 Å². The largest absolute Gasteiger partial charge is 0.478 e. The van der Waals surface area contributed by atoms with Gasteiger partial charge in [0.25, 0.3) is 0 Å². The third-order valence-corrected chi connectivity index (χ3v) is 2.86. The Morgan fingerprint density at radius 3 is 3.00 bits per heavy atom. The number of rotatable bonds is 6. The Morgan fingerprint density at radius 2 is 2.31 bits per heavy atom. The summed E-state index contributed by atoms with van der Waals surface area (Å²) < 4.78 is 5.45. The van der Waals surface area contributed by atoms with Gasteiger partial charge in [-0.1, -0.05) is 13.8 Å². The summed E-state index contributed by atoms with van der Waals surface area (Å²) in [5.41, 5.74) is 0.462. The van der Waals surface area contributed by atoms with E-state index in [1.54, 1.807) is 12.3 Å². The van der Waals surface area contributed by atoms with Crippen LogP contribution in [0.2, 0.25) is 0 Å². The first kappa shape index (κ1) is 11.2. The fraction of sp³-hybridized carbons (Fsp3) is 0.667. The molecule has 1 heterocycles. The molecule has 0 bridgehead atoms. The van der Waals surface area contributed by atoms with Crippen LogP contribution in [0.25, 0.3) is 0 Å². The number of hydrogen-bond acceptors (Lipinski definition) is 4. The lowest BCUT2D eigenvalue weighted by Gasteiger charge is -2.10. The number of anilines is 1. The van der Waals surface area contributed by atoms with Crippen molar-refractivity contribution in [2.45, 2.75) is 33.1 Å². The minimum Gasteiger partial charge on any atom is -0.478 e. The number of ether oxygens (including phenoxy) is 1. The Hall–Kier alpha value is -1.32. The van der Waals surface area contributed by atoms with Gasteiger partial charge in [0.1, 0.15) is 0 Å². The SMILES string of the molecule is CCCOc1ccnc(NCC2(C)CC2)n1. The van der Waals surface area contributed by atoms with Gasteiger partial charge < -0.3 is 10.1 Å². The topological polar surface area (TPSA) is 47.0 Å². The lowest BCUT2D eigenvalue weighted by atomic mass is 10.1. The summed E-state index contributed by atoms with van der Waals surface area (Å²) in [7, 11) is 0. The van der Waals surface area contributed by atoms with Crippen molar-refractivity contribution in [3.8, 4) is 5.88 Å². The van der Waals surface area contributed by atoms with Crippen molar-refractivity contribution < 1.29 is 4.74 Å². The van der Waals surface area contributed by atoms with Gasteiger partial charge in [-0.2, -0.15) is 4.98 Å². The van der Waals surface area contributed by atoms with Crippen LogP contribution in [-0.2, 0) is 0 Å². The van der Waals surface area contributed by atoms with Crippen LogP contribution in [0.1, 0.15) is 33.1 Å². The van der Waals surface area contributed by atoms with E-state index >= 15 is 0 Å². The molecule has 1 saturated carbocycles. The van der Waals surface area contributed by atoms with Crippen molar-refractivity contribution in [2.24, 2.45) is 5.41 Å². The van der Waals surface area contributed by atoms with Crippen molar-refractivity contribution >= 4 is 5.95 Å².